The molecule has 15 heavy (non-hydrogen) atoms. The van der Waals surface area contributed by atoms with E-state index in [-0.39, 0.29) is 0 Å². The Bertz CT molecular complexity index is 169. The topological polar surface area (TPSA) is 12.0 Å². The number of hydrogen-bond acceptors (Lipinski definition) is 1. The van der Waals surface area contributed by atoms with Gasteiger partial charge >= 0.3 is 0 Å². The molecular formula is C14H27N. The van der Waals surface area contributed by atoms with Gasteiger partial charge in [-0.3, -0.25) is 0 Å². The maximum absolute atomic E-state index is 5.27. The lowest BCUT2D eigenvalue weighted by molar-refractivity contribution is 0.432. The van der Waals surface area contributed by atoms with E-state index in [9.17, 15) is 0 Å². The average molecular weight is 209 g/mol. The van der Waals surface area contributed by atoms with Crippen molar-refractivity contribution in [3.63, 3.8) is 0 Å². The summed E-state index contributed by atoms with van der Waals surface area (Å²) in [6.45, 7) is 6.67. The van der Waals surface area contributed by atoms with Crippen LogP contribution in [0.5, 0.6) is 0 Å². The zero-order valence-corrected chi connectivity index (χ0v) is 10.7. The van der Waals surface area contributed by atoms with Gasteiger partial charge < -0.3 is 5.32 Å². The zero-order valence-electron chi connectivity index (χ0n) is 10.7. The van der Waals surface area contributed by atoms with E-state index in [0.717, 1.165) is 6.42 Å². The number of rotatable bonds is 9. The molecule has 0 rings (SSSR count). The van der Waals surface area contributed by atoms with Gasteiger partial charge in [-0.05, 0) is 20.3 Å². The second-order valence-electron chi connectivity index (χ2n) is 4.58. The van der Waals surface area contributed by atoms with Crippen LogP contribution < -0.4 is 5.32 Å². The summed E-state index contributed by atoms with van der Waals surface area (Å²) in [6.07, 6.45) is 14.2. The highest BCUT2D eigenvalue weighted by Gasteiger charge is 2.05. The Labute approximate surface area is 96.0 Å². The Morgan fingerprint density at radius 1 is 1.07 bits per heavy atom. The van der Waals surface area contributed by atoms with Crippen LogP contribution in [0.3, 0.4) is 0 Å². The summed E-state index contributed by atoms with van der Waals surface area (Å²) >= 11 is 0. The second-order valence-corrected chi connectivity index (χ2v) is 4.58. The van der Waals surface area contributed by atoms with Gasteiger partial charge in [0.2, 0.25) is 0 Å². The van der Waals surface area contributed by atoms with Crippen LogP contribution in [0, 0.1) is 12.3 Å². The third kappa shape index (κ3) is 9.82. The first-order chi connectivity index (χ1) is 7.20. The zero-order chi connectivity index (χ0) is 11.5. The predicted molar refractivity (Wildman–Crippen MR) is 68.9 cm³/mol. The Morgan fingerprint density at radius 3 is 2.33 bits per heavy atom. The highest BCUT2D eigenvalue weighted by atomic mass is 14.9. The highest BCUT2D eigenvalue weighted by molar-refractivity contribution is 4.88. The lowest BCUT2D eigenvalue weighted by Crippen LogP contribution is -2.34. The van der Waals surface area contributed by atoms with Crippen molar-refractivity contribution >= 4 is 0 Å². The molecule has 0 saturated heterocycles. The van der Waals surface area contributed by atoms with Crippen molar-refractivity contribution in [2.45, 2.75) is 77.8 Å². The minimum Gasteiger partial charge on any atom is -0.311 e. The third-order valence-corrected chi connectivity index (χ3v) is 2.73. The standard InChI is InChI=1S/C14H27N/c1-5-7-8-9-10-12-14(4)15-13(3)11-6-2/h2,13-15H,5,7-12H2,1,3-4H3. The molecule has 0 saturated carbocycles. The molecule has 0 amide bonds. The fraction of sp³-hybridized carbons (Fsp3) is 0.857. The summed E-state index contributed by atoms with van der Waals surface area (Å²) in [5.74, 6) is 2.69. The summed E-state index contributed by atoms with van der Waals surface area (Å²) < 4.78 is 0. The summed E-state index contributed by atoms with van der Waals surface area (Å²) in [5.41, 5.74) is 0. The molecule has 1 N–H and O–H groups in total. The lowest BCUT2D eigenvalue weighted by atomic mass is 10.1. The van der Waals surface area contributed by atoms with E-state index < -0.39 is 0 Å². The number of nitrogens with one attached hydrogen (secondary N) is 1. The van der Waals surface area contributed by atoms with Crippen LogP contribution in [0.25, 0.3) is 0 Å². The first-order valence-corrected chi connectivity index (χ1v) is 6.40. The molecule has 2 unspecified atom stereocenters. The summed E-state index contributed by atoms with van der Waals surface area (Å²) in [4.78, 5) is 0. The maximum atomic E-state index is 5.27. The van der Waals surface area contributed by atoms with E-state index in [1.165, 1.54) is 38.5 Å². The molecule has 0 bridgehead atoms. The van der Waals surface area contributed by atoms with Crippen LogP contribution in [0.1, 0.15) is 65.7 Å². The summed E-state index contributed by atoms with van der Waals surface area (Å²) in [5, 5.41) is 3.53. The molecule has 1 heteroatoms. The third-order valence-electron chi connectivity index (χ3n) is 2.73. The summed E-state index contributed by atoms with van der Waals surface area (Å²) in [6, 6.07) is 1.07. The van der Waals surface area contributed by atoms with Crippen LogP contribution in [-0.4, -0.2) is 12.1 Å². The van der Waals surface area contributed by atoms with Crippen molar-refractivity contribution in [1.82, 2.24) is 5.32 Å². The second kappa shape index (κ2) is 10.1. The van der Waals surface area contributed by atoms with Gasteiger partial charge in [0.05, 0.1) is 0 Å². The fourth-order valence-corrected chi connectivity index (χ4v) is 1.86. The van der Waals surface area contributed by atoms with E-state index in [1.807, 2.05) is 0 Å². The quantitative estimate of drug-likeness (QED) is 0.450. The van der Waals surface area contributed by atoms with Crippen molar-refractivity contribution in [3.8, 4) is 12.3 Å². The van der Waals surface area contributed by atoms with E-state index in [2.05, 4.69) is 32.0 Å². The molecule has 88 valence electrons. The molecule has 0 aromatic carbocycles. The Kier molecular flexibility index (Phi) is 9.73. The number of unbranched alkanes of at least 4 members (excludes halogenated alkanes) is 4. The molecule has 0 aliphatic carbocycles. The monoisotopic (exact) mass is 209 g/mol. The van der Waals surface area contributed by atoms with Gasteiger partial charge in [0.25, 0.3) is 0 Å². The van der Waals surface area contributed by atoms with Crippen molar-refractivity contribution in [3.05, 3.63) is 0 Å². The average Bonchev–Trinajstić information content (AvgIpc) is 2.17. The van der Waals surface area contributed by atoms with Gasteiger partial charge in [0.1, 0.15) is 0 Å². The van der Waals surface area contributed by atoms with Crippen LogP contribution in [-0.2, 0) is 0 Å². The van der Waals surface area contributed by atoms with Crippen LogP contribution in [0.4, 0.5) is 0 Å². The molecule has 0 aromatic rings. The first-order valence-electron chi connectivity index (χ1n) is 6.40. The van der Waals surface area contributed by atoms with Gasteiger partial charge in [0, 0.05) is 18.5 Å². The smallest absolute Gasteiger partial charge is 0.0238 e. The first kappa shape index (κ1) is 14.5. The lowest BCUT2D eigenvalue weighted by Gasteiger charge is -2.18. The van der Waals surface area contributed by atoms with E-state index in [4.69, 9.17) is 6.42 Å². The number of terminal acetylenes is 1. The maximum Gasteiger partial charge on any atom is 0.0238 e. The largest absolute Gasteiger partial charge is 0.311 e. The van der Waals surface area contributed by atoms with E-state index in [1.54, 1.807) is 0 Å². The molecule has 0 aliphatic heterocycles. The molecule has 0 fully saturated rings. The van der Waals surface area contributed by atoms with Crippen LogP contribution in [0.15, 0.2) is 0 Å². The van der Waals surface area contributed by atoms with Crippen molar-refractivity contribution in [2.24, 2.45) is 0 Å². The van der Waals surface area contributed by atoms with Crippen molar-refractivity contribution in [2.75, 3.05) is 0 Å². The molecule has 1 nitrogen and oxygen atoms in total. The number of hydrogen-bond donors (Lipinski definition) is 1. The molecular weight excluding hydrogens is 182 g/mol. The van der Waals surface area contributed by atoms with Gasteiger partial charge in [0.15, 0.2) is 0 Å². The van der Waals surface area contributed by atoms with E-state index in [0.29, 0.717) is 12.1 Å². The Morgan fingerprint density at radius 2 is 1.73 bits per heavy atom. The van der Waals surface area contributed by atoms with Crippen LogP contribution >= 0.6 is 0 Å². The fourth-order valence-electron chi connectivity index (χ4n) is 1.86. The predicted octanol–water partition coefficient (Wildman–Crippen LogP) is 3.74. The Hall–Kier alpha value is -0.480. The van der Waals surface area contributed by atoms with E-state index >= 15 is 0 Å². The normalized spacial score (nSPS) is 14.5. The molecule has 0 heterocycles. The molecule has 2 atom stereocenters. The minimum atomic E-state index is 0.459. The van der Waals surface area contributed by atoms with Gasteiger partial charge in [-0.1, -0.05) is 39.0 Å². The van der Waals surface area contributed by atoms with Crippen molar-refractivity contribution < 1.29 is 0 Å². The summed E-state index contributed by atoms with van der Waals surface area (Å²) in [7, 11) is 0. The Balaban J connectivity index is 3.33. The highest BCUT2D eigenvalue weighted by Crippen LogP contribution is 2.07. The van der Waals surface area contributed by atoms with Gasteiger partial charge in [-0.15, -0.1) is 12.3 Å². The van der Waals surface area contributed by atoms with Crippen LogP contribution in [0.2, 0.25) is 0 Å². The van der Waals surface area contributed by atoms with Gasteiger partial charge in [-0.25, -0.2) is 0 Å². The SMILES string of the molecule is C#CCC(C)NC(C)CCCCCCC. The van der Waals surface area contributed by atoms with Gasteiger partial charge in [-0.2, -0.15) is 0 Å². The molecule has 0 aromatic heterocycles. The molecule has 0 radical (unpaired) electrons. The van der Waals surface area contributed by atoms with Crippen molar-refractivity contribution in [1.29, 1.82) is 0 Å². The minimum absolute atomic E-state index is 0.459. The molecule has 0 spiro atoms. The molecule has 0 aliphatic rings.